The van der Waals surface area contributed by atoms with E-state index in [0.29, 0.717) is 18.2 Å². The first kappa shape index (κ1) is 18.0. The molecule has 6 heteroatoms. The van der Waals surface area contributed by atoms with Crippen LogP contribution in [0.5, 0.6) is 0 Å². The fourth-order valence-electron chi connectivity index (χ4n) is 2.93. The summed E-state index contributed by atoms with van der Waals surface area (Å²) in [5, 5.41) is 5.78. The number of carbonyl (C=O) groups excluding carboxylic acids is 2. The maximum Gasteiger partial charge on any atom is 0.273 e. The fourth-order valence-corrected chi connectivity index (χ4v) is 2.93. The van der Waals surface area contributed by atoms with Crippen molar-refractivity contribution in [2.24, 2.45) is 5.92 Å². The van der Waals surface area contributed by atoms with E-state index in [0.717, 1.165) is 29.7 Å². The molecule has 0 bridgehead atoms. The SMILES string of the molecule is Cc1oc(-c2ccccc2)nc1C(=O)NCc1cccc(NC(=O)C2CC2)c1. The van der Waals surface area contributed by atoms with E-state index in [-0.39, 0.29) is 23.4 Å². The lowest BCUT2D eigenvalue weighted by molar-refractivity contribution is -0.117. The number of oxazole rings is 1. The highest BCUT2D eigenvalue weighted by Crippen LogP contribution is 2.30. The zero-order valence-corrected chi connectivity index (χ0v) is 15.6. The van der Waals surface area contributed by atoms with Gasteiger partial charge in [-0.2, -0.15) is 0 Å². The Morgan fingerprint density at radius 2 is 1.89 bits per heavy atom. The van der Waals surface area contributed by atoms with Crippen LogP contribution < -0.4 is 10.6 Å². The van der Waals surface area contributed by atoms with Crippen LogP contribution >= 0.6 is 0 Å². The Balaban J connectivity index is 1.40. The van der Waals surface area contributed by atoms with Gasteiger partial charge in [-0.1, -0.05) is 30.3 Å². The average molecular weight is 375 g/mol. The van der Waals surface area contributed by atoms with Gasteiger partial charge < -0.3 is 15.1 Å². The van der Waals surface area contributed by atoms with Crippen molar-refractivity contribution in [2.45, 2.75) is 26.3 Å². The molecule has 0 saturated heterocycles. The Hall–Kier alpha value is -3.41. The van der Waals surface area contributed by atoms with E-state index in [4.69, 9.17) is 4.42 Å². The highest BCUT2D eigenvalue weighted by atomic mass is 16.4. The summed E-state index contributed by atoms with van der Waals surface area (Å²) in [7, 11) is 0. The monoisotopic (exact) mass is 375 g/mol. The van der Waals surface area contributed by atoms with Crippen LogP contribution in [0.4, 0.5) is 5.69 Å². The first-order valence-corrected chi connectivity index (χ1v) is 9.31. The minimum Gasteiger partial charge on any atom is -0.441 e. The summed E-state index contributed by atoms with van der Waals surface area (Å²) in [6, 6.07) is 16.9. The Labute approximate surface area is 163 Å². The second-order valence-corrected chi connectivity index (χ2v) is 6.94. The highest BCUT2D eigenvalue weighted by molar-refractivity contribution is 5.94. The Kier molecular flexibility index (Phi) is 4.93. The Morgan fingerprint density at radius 3 is 2.64 bits per heavy atom. The maximum atomic E-state index is 12.5. The lowest BCUT2D eigenvalue weighted by Gasteiger charge is -2.08. The van der Waals surface area contributed by atoms with Gasteiger partial charge in [0, 0.05) is 23.7 Å². The third-order valence-corrected chi connectivity index (χ3v) is 4.63. The van der Waals surface area contributed by atoms with E-state index in [1.807, 2.05) is 54.6 Å². The number of anilines is 1. The predicted octanol–water partition coefficient (Wildman–Crippen LogP) is 3.93. The number of rotatable bonds is 6. The molecule has 0 radical (unpaired) electrons. The summed E-state index contributed by atoms with van der Waals surface area (Å²) in [6.07, 6.45) is 1.92. The molecule has 1 aromatic heterocycles. The first-order valence-electron chi connectivity index (χ1n) is 9.31. The fraction of sp³-hybridized carbons (Fsp3) is 0.227. The van der Waals surface area contributed by atoms with E-state index in [1.54, 1.807) is 6.92 Å². The minimum absolute atomic E-state index is 0.0628. The molecule has 28 heavy (non-hydrogen) atoms. The molecule has 0 atom stereocenters. The van der Waals surface area contributed by atoms with Crippen LogP contribution in [-0.2, 0) is 11.3 Å². The van der Waals surface area contributed by atoms with Gasteiger partial charge in [0.05, 0.1) is 0 Å². The molecule has 0 unspecified atom stereocenters. The Bertz CT molecular complexity index is 1010. The second-order valence-electron chi connectivity index (χ2n) is 6.94. The van der Waals surface area contributed by atoms with Crippen molar-refractivity contribution >= 4 is 17.5 Å². The van der Waals surface area contributed by atoms with E-state index in [2.05, 4.69) is 15.6 Å². The molecule has 1 heterocycles. The molecular formula is C22H21N3O3. The smallest absolute Gasteiger partial charge is 0.273 e. The van der Waals surface area contributed by atoms with Gasteiger partial charge in [-0.05, 0) is 49.6 Å². The summed E-state index contributed by atoms with van der Waals surface area (Å²) in [5.41, 5.74) is 2.74. The molecule has 1 aliphatic rings. The first-order chi connectivity index (χ1) is 13.6. The summed E-state index contributed by atoms with van der Waals surface area (Å²) in [6.45, 7) is 2.06. The van der Waals surface area contributed by atoms with Gasteiger partial charge in [0.2, 0.25) is 11.8 Å². The molecule has 2 aromatic carbocycles. The molecule has 6 nitrogen and oxygen atoms in total. The van der Waals surface area contributed by atoms with Crippen LogP contribution in [-0.4, -0.2) is 16.8 Å². The lowest BCUT2D eigenvalue weighted by Crippen LogP contribution is -2.24. The molecule has 1 fully saturated rings. The average Bonchev–Trinajstić information content (AvgIpc) is 3.49. The Morgan fingerprint density at radius 1 is 1.11 bits per heavy atom. The van der Waals surface area contributed by atoms with Gasteiger partial charge in [0.15, 0.2) is 5.69 Å². The molecule has 3 aromatic rings. The second kappa shape index (κ2) is 7.68. The topological polar surface area (TPSA) is 84.2 Å². The van der Waals surface area contributed by atoms with E-state index >= 15 is 0 Å². The molecule has 2 amide bonds. The van der Waals surface area contributed by atoms with E-state index in [1.165, 1.54) is 0 Å². The van der Waals surface area contributed by atoms with Crippen LogP contribution in [0.1, 0.15) is 34.7 Å². The zero-order chi connectivity index (χ0) is 19.5. The van der Waals surface area contributed by atoms with Gasteiger partial charge in [-0.15, -0.1) is 0 Å². The van der Waals surface area contributed by atoms with Crippen molar-refractivity contribution in [1.29, 1.82) is 0 Å². The molecule has 1 aliphatic carbocycles. The van der Waals surface area contributed by atoms with Gasteiger partial charge in [-0.3, -0.25) is 9.59 Å². The molecule has 0 aliphatic heterocycles. The molecule has 1 saturated carbocycles. The van der Waals surface area contributed by atoms with Crippen LogP contribution in [0, 0.1) is 12.8 Å². The highest BCUT2D eigenvalue weighted by Gasteiger charge is 2.29. The van der Waals surface area contributed by atoms with Crippen molar-refractivity contribution in [1.82, 2.24) is 10.3 Å². The minimum atomic E-state index is -0.296. The molecule has 142 valence electrons. The van der Waals surface area contributed by atoms with Gasteiger partial charge in [-0.25, -0.2) is 4.98 Å². The van der Waals surface area contributed by atoms with Crippen LogP contribution in [0.3, 0.4) is 0 Å². The van der Waals surface area contributed by atoms with Crippen LogP contribution in [0.15, 0.2) is 59.0 Å². The van der Waals surface area contributed by atoms with Crippen LogP contribution in [0.2, 0.25) is 0 Å². The number of benzene rings is 2. The number of hydrogen-bond acceptors (Lipinski definition) is 4. The van der Waals surface area contributed by atoms with Crippen molar-refractivity contribution in [2.75, 3.05) is 5.32 Å². The normalized spacial score (nSPS) is 13.2. The number of hydrogen-bond donors (Lipinski definition) is 2. The quantitative estimate of drug-likeness (QED) is 0.684. The maximum absolute atomic E-state index is 12.5. The van der Waals surface area contributed by atoms with Gasteiger partial charge in [0.25, 0.3) is 5.91 Å². The number of aryl methyl sites for hydroxylation is 1. The van der Waals surface area contributed by atoms with Crippen molar-refractivity contribution in [3.8, 4) is 11.5 Å². The number of amides is 2. The number of nitrogens with zero attached hydrogens (tertiary/aromatic N) is 1. The van der Waals surface area contributed by atoms with Crippen LogP contribution in [0.25, 0.3) is 11.5 Å². The molecule has 2 N–H and O–H groups in total. The summed E-state index contributed by atoms with van der Waals surface area (Å²) in [5.74, 6) is 0.816. The standard InChI is InChI=1S/C22H21N3O3/c1-14-19(25-22(28-14)17-7-3-2-4-8-17)21(27)23-13-15-6-5-9-18(12-15)24-20(26)16-10-11-16/h2-9,12,16H,10-11,13H2,1H3,(H,23,27)(H,24,26). The van der Waals surface area contributed by atoms with Gasteiger partial charge >= 0.3 is 0 Å². The van der Waals surface area contributed by atoms with E-state index in [9.17, 15) is 9.59 Å². The third kappa shape index (κ3) is 4.11. The summed E-state index contributed by atoms with van der Waals surface area (Å²) < 4.78 is 5.65. The third-order valence-electron chi connectivity index (χ3n) is 4.63. The molecule has 0 spiro atoms. The lowest BCUT2D eigenvalue weighted by atomic mass is 10.2. The molecule has 4 rings (SSSR count). The number of carbonyl (C=O) groups is 2. The summed E-state index contributed by atoms with van der Waals surface area (Å²) in [4.78, 5) is 28.8. The summed E-state index contributed by atoms with van der Waals surface area (Å²) >= 11 is 0. The number of nitrogens with one attached hydrogen (secondary N) is 2. The van der Waals surface area contributed by atoms with Crippen molar-refractivity contribution in [3.63, 3.8) is 0 Å². The number of aromatic nitrogens is 1. The van der Waals surface area contributed by atoms with Crippen molar-refractivity contribution in [3.05, 3.63) is 71.6 Å². The predicted molar refractivity (Wildman–Crippen MR) is 106 cm³/mol. The largest absolute Gasteiger partial charge is 0.441 e. The van der Waals surface area contributed by atoms with E-state index < -0.39 is 0 Å². The van der Waals surface area contributed by atoms with Gasteiger partial charge in [0.1, 0.15) is 5.76 Å². The zero-order valence-electron chi connectivity index (χ0n) is 15.6. The van der Waals surface area contributed by atoms with Crippen molar-refractivity contribution < 1.29 is 14.0 Å². The molecular weight excluding hydrogens is 354 g/mol.